The number of nitrogen functional groups attached to an aromatic ring is 1. The van der Waals surface area contributed by atoms with Crippen LogP contribution in [-0.4, -0.2) is 27.5 Å². The molecule has 0 radical (unpaired) electrons. The van der Waals surface area contributed by atoms with Gasteiger partial charge < -0.3 is 5.32 Å². The number of rotatable bonds is 6. The quantitative estimate of drug-likeness (QED) is 0.519. The highest BCUT2D eigenvalue weighted by Crippen LogP contribution is 2.11. The van der Waals surface area contributed by atoms with Crippen LogP contribution >= 0.6 is 11.8 Å². The van der Waals surface area contributed by atoms with Crippen LogP contribution in [-0.2, 0) is 0 Å². The highest BCUT2D eigenvalue weighted by atomic mass is 32.2. The van der Waals surface area contributed by atoms with Crippen molar-refractivity contribution in [1.82, 2.24) is 9.97 Å². The summed E-state index contributed by atoms with van der Waals surface area (Å²) in [5, 5.41) is 3.32. The summed E-state index contributed by atoms with van der Waals surface area (Å²) in [5.41, 5.74) is 3.35. The molecule has 1 atom stereocenters. The first-order valence-electron chi connectivity index (χ1n) is 5.32. The average Bonchev–Trinajstić information content (AvgIpc) is 2.25. The van der Waals surface area contributed by atoms with Gasteiger partial charge in [-0.15, -0.1) is 0 Å². The Kier molecular flexibility index (Phi) is 5.34. The largest absolute Gasteiger partial charge is 0.367 e. The van der Waals surface area contributed by atoms with Crippen molar-refractivity contribution in [2.75, 3.05) is 22.2 Å². The molecule has 0 bridgehead atoms. The van der Waals surface area contributed by atoms with E-state index >= 15 is 0 Å². The molecule has 0 aliphatic rings. The van der Waals surface area contributed by atoms with E-state index in [4.69, 9.17) is 5.84 Å². The van der Waals surface area contributed by atoms with E-state index in [9.17, 15) is 0 Å². The Hall–Kier alpha value is -1.01. The second-order valence-electron chi connectivity index (χ2n) is 3.57. The van der Waals surface area contributed by atoms with Crippen molar-refractivity contribution in [1.29, 1.82) is 0 Å². The third-order valence-electron chi connectivity index (χ3n) is 1.95. The maximum Gasteiger partial charge on any atom is 0.239 e. The van der Waals surface area contributed by atoms with Crippen LogP contribution in [0.4, 0.5) is 11.8 Å². The second-order valence-corrected chi connectivity index (χ2v) is 4.89. The average molecular weight is 241 g/mol. The predicted molar refractivity (Wildman–Crippen MR) is 70.7 cm³/mol. The van der Waals surface area contributed by atoms with Crippen LogP contribution in [0.5, 0.6) is 0 Å². The van der Waals surface area contributed by atoms with Crippen LogP contribution < -0.4 is 16.6 Å². The summed E-state index contributed by atoms with van der Waals surface area (Å²) in [6, 6.07) is 2.29. The molecule has 1 rings (SSSR count). The Morgan fingerprint density at radius 1 is 1.50 bits per heavy atom. The fourth-order valence-corrected chi connectivity index (χ4v) is 1.97. The molecule has 0 spiro atoms. The van der Waals surface area contributed by atoms with Gasteiger partial charge in [0.25, 0.3) is 0 Å². The molecule has 0 aliphatic heterocycles. The van der Waals surface area contributed by atoms with E-state index in [-0.39, 0.29) is 0 Å². The highest BCUT2D eigenvalue weighted by Gasteiger charge is 2.05. The van der Waals surface area contributed by atoms with Crippen molar-refractivity contribution in [3.63, 3.8) is 0 Å². The molecule has 1 heterocycles. The Balaban J connectivity index is 2.61. The molecular weight excluding hydrogens is 222 g/mol. The van der Waals surface area contributed by atoms with Crippen molar-refractivity contribution in [2.24, 2.45) is 5.84 Å². The van der Waals surface area contributed by atoms with E-state index in [1.807, 2.05) is 24.8 Å². The summed E-state index contributed by atoms with van der Waals surface area (Å²) in [4.78, 5) is 8.36. The van der Waals surface area contributed by atoms with Gasteiger partial charge in [-0.3, -0.25) is 5.43 Å². The summed E-state index contributed by atoms with van der Waals surface area (Å²) in [7, 11) is 0. The van der Waals surface area contributed by atoms with Crippen molar-refractivity contribution in [3.05, 3.63) is 11.8 Å². The van der Waals surface area contributed by atoms with Gasteiger partial charge in [-0.25, -0.2) is 10.8 Å². The van der Waals surface area contributed by atoms with Crippen molar-refractivity contribution in [3.8, 4) is 0 Å². The first-order valence-corrected chi connectivity index (χ1v) is 6.47. The molecule has 0 aromatic carbocycles. The molecule has 0 saturated carbocycles. The fourth-order valence-electron chi connectivity index (χ4n) is 1.30. The monoisotopic (exact) mass is 241 g/mol. The van der Waals surface area contributed by atoms with Crippen LogP contribution in [0.25, 0.3) is 0 Å². The summed E-state index contributed by atoms with van der Waals surface area (Å²) in [5.74, 6) is 8.73. The van der Waals surface area contributed by atoms with Gasteiger partial charge in [-0.05, 0) is 19.6 Å². The molecule has 0 aliphatic carbocycles. The lowest BCUT2D eigenvalue weighted by atomic mass is 10.3. The number of anilines is 2. The first kappa shape index (κ1) is 13.1. The molecule has 90 valence electrons. The first-order chi connectivity index (χ1) is 7.65. The van der Waals surface area contributed by atoms with Gasteiger partial charge in [-0.2, -0.15) is 16.7 Å². The predicted octanol–water partition coefficient (Wildman–Crippen LogP) is 1.62. The van der Waals surface area contributed by atoms with Gasteiger partial charge in [-0.1, -0.05) is 6.92 Å². The van der Waals surface area contributed by atoms with Crippen LogP contribution in [0.15, 0.2) is 6.07 Å². The zero-order valence-electron chi connectivity index (χ0n) is 9.95. The van der Waals surface area contributed by atoms with E-state index in [1.54, 1.807) is 0 Å². The number of aromatic nitrogens is 2. The van der Waals surface area contributed by atoms with Crippen LogP contribution in [0.1, 0.15) is 19.5 Å². The second kappa shape index (κ2) is 6.55. The summed E-state index contributed by atoms with van der Waals surface area (Å²) in [6.07, 6.45) is 0. The van der Waals surface area contributed by atoms with Crippen molar-refractivity contribution < 1.29 is 0 Å². The molecule has 16 heavy (non-hydrogen) atoms. The molecular formula is C10H19N5S. The van der Waals surface area contributed by atoms with E-state index < -0.39 is 0 Å². The SMILES string of the molecule is CCSCC(C)Nc1cc(C)nc(NN)n1. The summed E-state index contributed by atoms with van der Waals surface area (Å²) < 4.78 is 0. The molecule has 0 amide bonds. The molecule has 1 unspecified atom stereocenters. The van der Waals surface area contributed by atoms with E-state index in [2.05, 4.69) is 34.6 Å². The number of nitrogens with two attached hydrogens (primary N) is 1. The van der Waals surface area contributed by atoms with Gasteiger partial charge in [0.15, 0.2) is 0 Å². The number of nitrogens with zero attached hydrogens (tertiary/aromatic N) is 2. The molecule has 1 aromatic rings. The smallest absolute Gasteiger partial charge is 0.239 e. The van der Waals surface area contributed by atoms with E-state index in [1.165, 1.54) is 0 Å². The number of thioether (sulfide) groups is 1. The Bertz CT molecular complexity index is 331. The van der Waals surface area contributed by atoms with Crippen molar-refractivity contribution >= 4 is 23.5 Å². The molecule has 4 N–H and O–H groups in total. The molecule has 0 fully saturated rings. The lowest BCUT2D eigenvalue weighted by molar-refractivity contribution is 0.896. The highest BCUT2D eigenvalue weighted by molar-refractivity contribution is 7.99. The lowest BCUT2D eigenvalue weighted by Crippen LogP contribution is -2.20. The number of hydrogen-bond donors (Lipinski definition) is 3. The zero-order chi connectivity index (χ0) is 12.0. The minimum atomic E-state index is 0.380. The maximum atomic E-state index is 5.29. The fraction of sp³-hybridized carbons (Fsp3) is 0.600. The van der Waals surface area contributed by atoms with E-state index in [0.717, 1.165) is 23.0 Å². The number of aryl methyl sites for hydroxylation is 1. The minimum absolute atomic E-state index is 0.380. The zero-order valence-corrected chi connectivity index (χ0v) is 10.8. The molecule has 1 aromatic heterocycles. The van der Waals surface area contributed by atoms with Crippen molar-refractivity contribution in [2.45, 2.75) is 26.8 Å². The number of nitrogens with one attached hydrogen (secondary N) is 2. The normalized spacial score (nSPS) is 12.2. The maximum absolute atomic E-state index is 5.29. The van der Waals surface area contributed by atoms with Gasteiger partial charge >= 0.3 is 0 Å². The van der Waals surface area contributed by atoms with Gasteiger partial charge in [0.1, 0.15) is 5.82 Å². The Morgan fingerprint density at radius 2 is 2.25 bits per heavy atom. The van der Waals surface area contributed by atoms with Gasteiger partial charge in [0.05, 0.1) is 0 Å². The van der Waals surface area contributed by atoms with Gasteiger partial charge in [0.2, 0.25) is 5.95 Å². The Labute approximate surface area is 101 Å². The van der Waals surface area contributed by atoms with Crippen LogP contribution in [0.2, 0.25) is 0 Å². The van der Waals surface area contributed by atoms with Crippen LogP contribution in [0, 0.1) is 6.92 Å². The van der Waals surface area contributed by atoms with Gasteiger partial charge in [0, 0.05) is 23.6 Å². The van der Waals surface area contributed by atoms with E-state index in [0.29, 0.717) is 12.0 Å². The number of hydrazine groups is 1. The minimum Gasteiger partial charge on any atom is -0.367 e. The molecule has 0 saturated heterocycles. The molecule has 6 heteroatoms. The summed E-state index contributed by atoms with van der Waals surface area (Å²) in [6.45, 7) is 6.21. The van der Waals surface area contributed by atoms with Crippen LogP contribution in [0.3, 0.4) is 0 Å². The lowest BCUT2D eigenvalue weighted by Gasteiger charge is -2.14. The third-order valence-corrected chi connectivity index (χ3v) is 3.09. The Morgan fingerprint density at radius 3 is 2.88 bits per heavy atom. The topological polar surface area (TPSA) is 75.9 Å². The standard InChI is InChI=1S/C10H19N5S/c1-4-16-6-8(3)12-9-5-7(2)13-10(14-9)15-11/h5,8H,4,6,11H2,1-3H3,(H2,12,13,14,15). The summed E-state index contributed by atoms with van der Waals surface area (Å²) >= 11 is 1.90. The third kappa shape index (κ3) is 4.24. The number of hydrogen-bond acceptors (Lipinski definition) is 6. The molecule has 5 nitrogen and oxygen atoms in total.